The summed E-state index contributed by atoms with van der Waals surface area (Å²) in [5.74, 6) is 0.649. The summed E-state index contributed by atoms with van der Waals surface area (Å²) in [6.45, 7) is 1.79. The Morgan fingerprint density at radius 2 is 2.05 bits per heavy atom. The first-order valence-electron chi connectivity index (χ1n) is 6.66. The summed E-state index contributed by atoms with van der Waals surface area (Å²) in [5.41, 5.74) is 12.9. The average Bonchev–Trinajstić information content (AvgIpc) is 3.11. The SMILES string of the molecule is NC[C@H]1COC2C1OC[C@H]2n1cnc2c(N)ncnc21. The van der Waals surface area contributed by atoms with E-state index in [-0.39, 0.29) is 24.2 Å². The second-order valence-corrected chi connectivity index (χ2v) is 5.24. The standard InChI is InChI=1S/C12H16N6O2/c13-1-6-2-19-10-7(3-20-9(6)10)18-5-17-8-11(14)15-4-16-12(8)18/h4-7,9-10H,1-3,13H2,(H2,14,15,16)/t6-,7+,9?,10?/m0/s1. The molecule has 0 radical (unpaired) electrons. The predicted molar refractivity (Wildman–Crippen MR) is 70.8 cm³/mol. The maximum absolute atomic E-state index is 5.87. The Morgan fingerprint density at radius 1 is 1.20 bits per heavy atom. The van der Waals surface area contributed by atoms with Crippen LogP contribution < -0.4 is 11.5 Å². The number of hydrogen-bond donors (Lipinski definition) is 2. The molecule has 0 amide bonds. The Morgan fingerprint density at radius 3 is 2.90 bits per heavy atom. The van der Waals surface area contributed by atoms with Gasteiger partial charge in [0.15, 0.2) is 11.5 Å². The molecule has 8 heteroatoms. The fraction of sp³-hybridized carbons (Fsp3) is 0.583. The van der Waals surface area contributed by atoms with Crippen molar-refractivity contribution in [3.63, 3.8) is 0 Å². The van der Waals surface area contributed by atoms with Crippen LogP contribution in [-0.4, -0.2) is 51.5 Å². The molecular weight excluding hydrogens is 260 g/mol. The summed E-state index contributed by atoms with van der Waals surface area (Å²) in [6, 6.07) is 0.0517. The van der Waals surface area contributed by atoms with Gasteiger partial charge in [-0.15, -0.1) is 0 Å². The van der Waals surface area contributed by atoms with E-state index in [2.05, 4.69) is 15.0 Å². The van der Waals surface area contributed by atoms with Gasteiger partial charge in [-0.3, -0.25) is 0 Å². The van der Waals surface area contributed by atoms with E-state index in [1.165, 1.54) is 6.33 Å². The van der Waals surface area contributed by atoms with Crippen LogP contribution in [0.25, 0.3) is 11.2 Å². The highest BCUT2D eigenvalue weighted by Gasteiger charge is 2.48. The fourth-order valence-electron chi connectivity index (χ4n) is 3.11. The van der Waals surface area contributed by atoms with Gasteiger partial charge in [0.2, 0.25) is 0 Å². The summed E-state index contributed by atoms with van der Waals surface area (Å²) in [5, 5.41) is 0. The zero-order chi connectivity index (χ0) is 13.7. The number of imidazole rings is 1. The number of nitrogen functional groups attached to an aromatic ring is 1. The molecule has 0 spiro atoms. The van der Waals surface area contributed by atoms with Crippen molar-refractivity contribution in [3.8, 4) is 0 Å². The summed E-state index contributed by atoms with van der Waals surface area (Å²) in [7, 11) is 0. The molecule has 2 unspecified atom stereocenters. The highest BCUT2D eigenvalue weighted by atomic mass is 16.6. The van der Waals surface area contributed by atoms with Crippen molar-refractivity contribution in [2.75, 3.05) is 25.5 Å². The van der Waals surface area contributed by atoms with Crippen LogP contribution in [0.5, 0.6) is 0 Å². The van der Waals surface area contributed by atoms with Gasteiger partial charge in [-0.1, -0.05) is 0 Å². The highest BCUT2D eigenvalue weighted by Crippen LogP contribution is 2.37. The van der Waals surface area contributed by atoms with Crippen molar-refractivity contribution in [2.45, 2.75) is 18.2 Å². The number of rotatable bonds is 2. The minimum Gasteiger partial charge on any atom is -0.382 e. The quantitative estimate of drug-likeness (QED) is 0.747. The molecule has 4 rings (SSSR count). The van der Waals surface area contributed by atoms with Crippen molar-refractivity contribution >= 4 is 17.0 Å². The van der Waals surface area contributed by atoms with Gasteiger partial charge < -0.3 is 25.5 Å². The summed E-state index contributed by atoms with van der Waals surface area (Å²) in [6.07, 6.45) is 3.23. The molecule has 0 aliphatic carbocycles. The van der Waals surface area contributed by atoms with Crippen LogP contribution in [0.15, 0.2) is 12.7 Å². The monoisotopic (exact) mass is 276 g/mol. The average molecular weight is 276 g/mol. The number of nitrogens with two attached hydrogens (primary N) is 2. The molecule has 20 heavy (non-hydrogen) atoms. The lowest BCUT2D eigenvalue weighted by molar-refractivity contribution is 0.0618. The van der Waals surface area contributed by atoms with Gasteiger partial charge in [0, 0.05) is 5.92 Å². The van der Waals surface area contributed by atoms with E-state index >= 15 is 0 Å². The van der Waals surface area contributed by atoms with Gasteiger partial charge in [0.1, 0.15) is 17.9 Å². The van der Waals surface area contributed by atoms with Crippen molar-refractivity contribution in [2.24, 2.45) is 11.7 Å². The first-order valence-corrected chi connectivity index (χ1v) is 6.66. The van der Waals surface area contributed by atoms with Gasteiger partial charge in [0.25, 0.3) is 0 Å². The molecule has 2 aliphatic heterocycles. The Kier molecular flexibility index (Phi) is 2.62. The Labute approximate surface area is 115 Å². The first-order chi connectivity index (χ1) is 9.79. The van der Waals surface area contributed by atoms with Crippen LogP contribution in [0, 0.1) is 5.92 Å². The lowest BCUT2D eigenvalue weighted by atomic mass is 10.0. The van der Waals surface area contributed by atoms with Gasteiger partial charge >= 0.3 is 0 Å². The Hall–Kier alpha value is -1.77. The van der Waals surface area contributed by atoms with Crippen LogP contribution >= 0.6 is 0 Å². The normalized spacial score (nSPS) is 32.9. The van der Waals surface area contributed by atoms with E-state index in [1.54, 1.807) is 6.33 Å². The molecule has 2 saturated heterocycles. The first kappa shape index (κ1) is 12.0. The van der Waals surface area contributed by atoms with Crippen LogP contribution in [0.3, 0.4) is 0 Å². The Bertz CT molecular complexity index is 644. The van der Waals surface area contributed by atoms with E-state index < -0.39 is 0 Å². The largest absolute Gasteiger partial charge is 0.382 e. The second-order valence-electron chi connectivity index (χ2n) is 5.24. The maximum Gasteiger partial charge on any atom is 0.165 e. The zero-order valence-electron chi connectivity index (χ0n) is 10.8. The lowest BCUT2D eigenvalue weighted by Gasteiger charge is -2.17. The molecule has 2 aromatic rings. The molecule has 2 aliphatic rings. The smallest absolute Gasteiger partial charge is 0.165 e. The highest BCUT2D eigenvalue weighted by molar-refractivity contribution is 5.81. The maximum atomic E-state index is 5.87. The molecule has 4 N–H and O–H groups in total. The van der Waals surface area contributed by atoms with Crippen LogP contribution in [0.4, 0.5) is 5.82 Å². The zero-order valence-corrected chi connectivity index (χ0v) is 10.8. The number of hydrogen-bond acceptors (Lipinski definition) is 7. The van der Waals surface area contributed by atoms with E-state index in [4.69, 9.17) is 20.9 Å². The minimum atomic E-state index is -0.00265. The summed E-state index contributed by atoms with van der Waals surface area (Å²) < 4.78 is 13.7. The van der Waals surface area contributed by atoms with Crippen molar-refractivity contribution in [1.29, 1.82) is 0 Å². The Balaban J connectivity index is 1.72. The van der Waals surface area contributed by atoms with E-state index in [0.717, 1.165) is 0 Å². The number of ether oxygens (including phenoxy) is 2. The van der Waals surface area contributed by atoms with Crippen LogP contribution in [0.1, 0.15) is 6.04 Å². The predicted octanol–water partition coefficient (Wildman–Crippen LogP) is -0.678. The molecule has 2 aromatic heterocycles. The molecular formula is C12H16N6O2. The van der Waals surface area contributed by atoms with Gasteiger partial charge in [-0.2, -0.15) is 0 Å². The number of anilines is 1. The number of fused-ring (bicyclic) bond motifs is 2. The molecule has 0 saturated carbocycles. The van der Waals surface area contributed by atoms with Crippen LogP contribution in [0.2, 0.25) is 0 Å². The molecule has 2 fully saturated rings. The molecule has 8 nitrogen and oxygen atoms in total. The van der Waals surface area contributed by atoms with Gasteiger partial charge in [0.05, 0.1) is 31.7 Å². The third kappa shape index (κ3) is 1.55. The topological polar surface area (TPSA) is 114 Å². The van der Waals surface area contributed by atoms with Crippen molar-refractivity contribution < 1.29 is 9.47 Å². The van der Waals surface area contributed by atoms with Crippen LogP contribution in [-0.2, 0) is 9.47 Å². The molecule has 0 bridgehead atoms. The van der Waals surface area contributed by atoms with E-state index in [0.29, 0.717) is 36.7 Å². The molecule has 106 valence electrons. The minimum absolute atomic E-state index is 0.00265. The number of nitrogens with zero attached hydrogens (tertiary/aromatic N) is 4. The number of aromatic nitrogens is 4. The second kappa shape index (κ2) is 4.37. The van der Waals surface area contributed by atoms with E-state index in [9.17, 15) is 0 Å². The fourth-order valence-corrected chi connectivity index (χ4v) is 3.11. The van der Waals surface area contributed by atoms with Crippen molar-refractivity contribution in [1.82, 2.24) is 19.5 Å². The van der Waals surface area contributed by atoms with Gasteiger partial charge in [-0.05, 0) is 6.54 Å². The third-order valence-corrected chi connectivity index (χ3v) is 4.18. The van der Waals surface area contributed by atoms with Crippen molar-refractivity contribution in [3.05, 3.63) is 12.7 Å². The molecule has 0 aromatic carbocycles. The lowest BCUT2D eigenvalue weighted by Crippen LogP contribution is -2.30. The summed E-state index contributed by atoms with van der Waals surface area (Å²) in [4.78, 5) is 12.5. The van der Waals surface area contributed by atoms with E-state index in [1.807, 2.05) is 4.57 Å². The molecule has 4 atom stereocenters. The third-order valence-electron chi connectivity index (χ3n) is 4.18. The summed E-state index contributed by atoms with van der Waals surface area (Å²) >= 11 is 0. The van der Waals surface area contributed by atoms with Gasteiger partial charge in [-0.25, -0.2) is 15.0 Å². The molecule has 4 heterocycles.